The molecule has 34 heavy (non-hydrogen) atoms. The van der Waals surface area contributed by atoms with Crippen LogP contribution in [0.4, 0.5) is 5.69 Å². The van der Waals surface area contributed by atoms with Crippen LogP contribution in [0, 0.1) is 5.92 Å². The number of rotatable bonds is 7. The Morgan fingerprint density at radius 1 is 0.824 bits per heavy atom. The van der Waals surface area contributed by atoms with Crippen molar-refractivity contribution in [3.05, 3.63) is 101 Å². The van der Waals surface area contributed by atoms with Gasteiger partial charge in [-0.15, -0.1) is 0 Å². The van der Waals surface area contributed by atoms with Gasteiger partial charge in [-0.25, -0.2) is 0 Å². The maximum atomic E-state index is 12.9. The SMILES string of the molecule is CC(C)C(=O)Nc1ccc(CNC(=O)c2ccc3c(c2)C(=O)N(Cc2ccccc2)C3=O)cc1. The molecule has 4 amide bonds. The monoisotopic (exact) mass is 455 g/mol. The van der Waals surface area contributed by atoms with Gasteiger partial charge in [-0.05, 0) is 41.5 Å². The van der Waals surface area contributed by atoms with Gasteiger partial charge in [-0.3, -0.25) is 24.1 Å². The Kier molecular flexibility index (Phi) is 6.54. The first-order chi connectivity index (χ1) is 16.3. The molecule has 3 aromatic carbocycles. The molecule has 172 valence electrons. The van der Waals surface area contributed by atoms with Crippen LogP contribution in [0.5, 0.6) is 0 Å². The Bertz CT molecular complexity index is 1250. The first kappa shape index (κ1) is 22.9. The van der Waals surface area contributed by atoms with Gasteiger partial charge in [0.2, 0.25) is 5.91 Å². The Morgan fingerprint density at radius 2 is 1.50 bits per heavy atom. The lowest BCUT2D eigenvalue weighted by molar-refractivity contribution is -0.118. The van der Waals surface area contributed by atoms with Crippen molar-refractivity contribution in [1.82, 2.24) is 10.2 Å². The molecule has 0 aliphatic carbocycles. The van der Waals surface area contributed by atoms with Gasteiger partial charge in [0, 0.05) is 23.7 Å². The van der Waals surface area contributed by atoms with E-state index in [0.29, 0.717) is 16.8 Å². The minimum atomic E-state index is -0.405. The van der Waals surface area contributed by atoms with Crippen LogP contribution in [0.25, 0.3) is 0 Å². The van der Waals surface area contributed by atoms with E-state index < -0.39 is 5.91 Å². The summed E-state index contributed by atoms with van der Waals surface area (Å²) in [6.45, 7) is 4.11. The van der Waals surface area contributed by atoms with Gasteiger partial charge in [0.15, 0.2) is 0 Å². The number of nitrogens with zero attached hydrogens (tertiary/aromatic N) is 1. The van der Waals surface area contributed by atoms with Crippen LogP contribution in [0.1, 0.15) is 56.0 Å². The fourth-order valence-corrected chi connectivity index (χ4v) is 3.62. The van der Waals surface area contributed by atoms with E-state index >= 15 is 0 Å². The average Bonchev–Trinajstić information content (AvgIpc) is 3.08. The zero-order valence-electron chi connectivity index (χ0n) is 19.0. The molecule has 2 N–H and O–H groups in total. The molecular formula is C27H25N3O4. The predicted octanol–water partition coefficient (Wildman–Crippen LogP) is 4.01. The molecule has 0 aromatic heterocycles. The molecule has 0 unspecified atom stereocenters. The lowest BCUT2D eigenvalue weighted by Gasteiger charge is -2.13. The zero-order chi connectivity index (χ0) is 24.2. The van der Waals surface area contributed by atoms with Gasteiger partial charge in [-0.1, -0.05) is 56.3 Å². The summed E-state index contributed by atoms with van der Waals surface area (Å²) >= 11 is 0. The number of carbonyl (C=O) groups is 4. The highest BCUT2D eigenvalue weighted by atomic mass is 16.2. The molecule has 1 heterocycles. The van der Waals surface area contributed by atoms with Gasteiger partial charge in [-0.2, -0.15) is 0 Å². The van der Waals surface area contributed by atoms with Crippen molar-refractivity contribution in [2.24, 2.45) is 5.92 Å². The molecule has 3 aromatic rings. The second-order valence-corrected chi connectivity index (χ2v) is 8.47. The molecular weight excluding hydrogens is 430 g/mol. The Morgan fingerprint density at radius 3 is 2.18 bits per heavy atom. The number of benzene rings is 3. The lowest BCUT2D eigenvalue weighted by Crippen LogP contribution is -2.29. The molecule has 4 rings (SSSR count). The highest BCUT2D eigenvalue weighted by molar-refractivity contribution is 6.22. The number of anilines is 1. The summed E-state index contributed by atoms with van der Waals surface area (Å²) in [7, 11) is 0. The quantitative estimate of drug-likeness (QED) is 0.526. The van der Waals surface area contributed by atoms with Crippen molar-refractivity contribution in [3.63, 3.8) is 0 Å². The first-order valence-electron chi connectivity index (χ1n) is 11.1. The van der Waals surface area contributed by atoms with Gasteiger partial charge < -0.3 is 10.6 Å². The van der Waals surface area contributed by atoms with Crippen LogP contribution in [0.3, 0.4) is 0 Å². The molecule has 7 heteroatoms. The van der Waals surface area contributed by atoms with E-state index in [1.165, 1.54) is 17.0 Å². The van der Waals surface area contributed by atoms with Crippen molar-refractivity contribution < 1.29 is 19.2 Å². The number of hydrogen-bond donors (Lipinski definition) is 2. The van der Waals surface area contributed by atoms with Gasteiger partial charge >= 0.3 is 0 Å². The van der Waals surface area contributed by atoms with Crippen molar-refractivity contribution in [3.8, 4) is 0 Å². The van der Waals surface area contributed by atoms with Crippen LogP contribution in [0.2, 0.25) is 0 Å². The summed E-state index contributed by atoms with van der Waals surface area (Å²) in [6.07, 6.45) is 0. The van der Waals surface area contributed by atoms with E-state index in [2.05, 4.69) is 10.6 Å². The molecule has 0 fully saturated rings. The Labute approximate surface area is 197 Å². The molecule has 0 bridgehead atoms. The van der Waals surface area contributed by atoms with Gasteiger partial charge in [0.25, 0.3) is 17.7 Å². The summed E-state index contributed by atoms with van der Waals surface area (Å²) in [6, 6.07) is 21.0. The van der Waals surface area contributed by atoms with Gasteiger partial charge in [0.1, 0.15) is 0 Å². The third-order valence-corrected chi connectivity index (χ3v) is 5.62. The van der Waals surface area contributed by atoms with Crippen LogP contribution in [-0.2, 0) is 17.9 Å². The summed E-state index contributed by atoms with van der Waals surface area (Å²) < 4.78 is 0. The van der Waals surface area contributed by atoms with Crippen molar-refractivity contribution in [2.45, 2.75) is 26.9 Å². The molecule has 0 atom stereocenters. The third kappa shape index (κ3) is 4.88. The smallest absolute Gasteiger partial charge is 0.261 e. The van der Waals surface area contributed by atoms with Crippen LogP contribution < -0.4 is 10.6 Å². The highest BCUT2D eigenvalue weighted by Crippen LogP contribution is 2.25. The average molecular weight is 456 g/mol. The Hall–Kier alpha value is -4.26. The van der Waals surface area contributed by atoms with E-state index in [0.717, 1.165) is 11.1 Å². The maximum Gasteiger partial charge on any atom is 0.261 e. The van der Waals surface area contributed by atoms with E-state index in [1.807, 2.05) is 56.3 Å². The van der Waals surface area contributed by atoms with Gasteiger partial charge in [0.05, 0.1) is 17.7 Å². The standard InChI is InChI=1S/C27H25N3O4/c1-17(2)24(31)29-21-11-8-18(9-12-21)15-28-25(32)20-10-13-22-23(14-20)27(34)30(26(22)33)16-19-6-4-3-5-7-19/h3-14,17H,15-16H2,1-2H3,(H,28,32)(H,29,31). The van der Waals surface area contributed by atoms with Crippen molar-refractivity contribution >= 4 is 29.3 Å². The summed E-state index contributed by atoms with van der Waals surface area (Å²) in [4.78, 5) is 51.2. The Balaban J connectivity index is 1.40. The summed E-state index contributed by atoms with van der Waals surface area (Å²) in [5.41, 5.74) is 3.25. The van der Waals surface area contributed by atoms with Crippen molar-refractivity contribution in [1.29, 1.82) is 0 Å². The predicted molar refractivity (Wildman–Crippen MR) is 128 cm³/mol. The lowest BCUT2D eigenvalue weighted by atomic mass is 10.1. The number of imide groups is 1. The molecule has 1 aliphatic heterocycles. The van der Waals surface area contributed by atoms with Crippen LogP contribution in [0.15, 0.2) is 72.8 Å². The number of fused-ring (bicyclic) bond motifs is 1. The third-order valence-electron chi connectivity index (χ3n) is 5.62. The number of hydrogen-bond acceptors (Lipinski definition) is 4. The molecule has 7 nitrogen and oxygen atoms in total. The second-order valence-electron chi connectivity index (χ2n) is 8.47. The highest BCUT2D eigenvalue weighted by Gasteiger charge is 2.35. The van der Waals surface area contributed by atoms with Crippen LogP contribution >= 0.6 is 0 Å². The first-order valence-corrected chi connectivity index (χ1v) is 11.1. The molecule has 1 aliphatic rings. The summed E-state index contributed by atoms with van der Waals surface area (Å²) in [5.74, 6) is -1.29. The zero-order valence-corrected chi connectivity index (χ0v) is 19.0. The largest absolute Gasteiger partial charge is 0.348 e. The fraction of sp³-hybridized carbons (Fsp3) is 0.185. The topological polar surface area (TPSA) is 95.6 Å². The van der Waals surface area contributed by atoms with E-state index in [1.54, 1.807) is 18.2 Å². The molecule has 0 saturated carbocycles. The number of nitrogens with one attached hydrogen (secondary N) is 2. The fourth-order valence-electron chi connectivity index (χ4n) is 3.62. The van der Waals surface area contributed by atoms with E-state index in [4.69, 9.17) is 0 Å². The minimum Gasteiger partial charge on any atom is -0.348 e. The van der Waals surface area contributed by atoms with E-state index in [-0.39, 0.29) is 42.3 Å². The van der Waals surface area contributed by atoms with E-state index in [9.17, 15) is 19.2 Å². The normalized spacial score (nSPS) is 12.6. The molecule has 0 spiro atoms. The summed E-state index contributed by atoms with van der Waals surface area (Å²) in [5, 5.41) is 5.65. The number of carbonyl (C=O) groups excluding carboxylic acids is 4. The number of amides is 4. The second kappa shape index (κ2) is 9.70. The maximum absolute atomic E-state index is 12.9. The van der Waals surface area contributed by atoms with Crippen LogP contribution in [-0.4, -0.2) is 28.5 Å². The van der Waals surface area contributed by atoms with Crippen molar-refractivity contribution in [2.75, 3.05) is 5.32 Å². The molecule has 0 radical (unpaired) electrons. The molecule has 0 saturated heterocycles. The minimum absolute atomic E-state index is 0.0620.